The van der Waals surface area contributed by atoms with Gasteiger partial charge in [0.2, 0.25) is 0 Å². The van der Waals surface area contributed by atoms with Gasteiger partial charge >= 0.3 is 12.0 Å². The van der Waals surface area contributed by atoms with Crippen LogP contribution in [0, 0.1) is 0 Å². The smallest absolute Gasteiger partial charge is 0.337 e. The largest absolute Gasteiger partial charge is 0.465 e. The number of amides is 2. The lowest BCUT2D eigenvalue weighted by molar-refractivity contribution is 0.0600. The summed E-state index contributed by atoms with van der Waals surface area (Å²) in [5.74, 6) is 0.118. The van der Waals surface area contributed by atoms with E-state index in [0.717, 1.165) is 11.3 Å². The Labute approximate surface area is 154 Å². The number of carbonyl (C=O) groups excluding carboxylic acids is 2. The van der Waals surface area contributed by atoms with Crippen LogP contribution in [0.3, 0.4) is 0 Å². The number of anilines is 1. The molecule has 136 valence electrons. The molecule has 5 nitrogen and oxygen atoms in total. The van der Waals surface area contributed by atoms with Crippen LogP contribution in [-0.2, 0) is 11.3 Å². The summed E-state index contributed by atoms with van der Waals surface area (Å²) in [6, 6.07) is 15.4. The molecule has 0 radical (unpaired) electrons. The minimum absolute atomic E-state index is 0.0133. The van der Waals surface area contributed by atoms with Crippen molar-refractivity contribution in [1.82, 2.24) is 4.90 Å². The third-order valence-corrected chi connectivity index (χ3v) is 4.71. The Morgan fingerprint density at radius 3 is 2.27 bits per heavy atom. The van der Waals surface area contributed by atoms with Gasteiger partial charge in [-0.2, -0.15) is 0 Å². The van der Waals surface area contributed by atoms with Gasteiger partial charge in [0.05, 0.1) is 12.7 Å². The van der Waals surface area contributed by atoms with Crippen molar-refractivity contribution in [2.75, 3.05) is 25.1 Å². The van der Waals surface area contributed by atoms with Gasteiger partial charge in [0.25, 0.3) is 0 Å². The van der Waals surface area contributed by atoms with Gasteiger partial charge in [-0.05, 0) is 41.3 Å². The average molecular weight is 352 g/mol. The highest BCUT2D eigenvalue weighted by molar-refractivity contribution is 5.94. The Bertz CT molecular complexity index is 782. The molecule has 26 heavy (non-hydrogen) atoms. The molecule has 0 N–H and O–H groups in total. The summed E-state index contributed by atoms with van der Waals surface area (Å²) in [6.45, 7) is 6.21. The molecule has 0 saturated carbocycles. The molecule has 1 heterocycles. The van der Waals surface area contributed by atoms with E-state index in [-0.39, 0.29) is 12.0 Å². The topological polar surface area (TPSA) is 49.9 Å². The molecule has 0 spiro atoms. The van der Waals surface area contributed by atoms with E-state index in [1.807, 2.05) is 34.1 Å². The van der Waals surface area contributed by atoms with Crippen molar-refractivity contribution in [3.05, 3.63) is 65.2 Å². The third kappa shape index (κ3) is 3.72. The number of benzene rings is 2. The van der Waals surface area contributed by atoms with E-state index in [9.17, 15) is 9.59 Å². The van der Waals surface area contributed by atoms with Crippen molar-refractivity contribution < 1.29 is 14.3 Å². The Morgan fingerprint density at radius 2 is 1.69 bits per heavy atom. The van der Waals surface area contributed by atoms with Gasteiger partial charge in [0.1, 0.15) is 0 Å². The molecular formula is C21H24N2O3. The van der Waals surface area contributed by atoms with Gasteiger partial charge in [-0.1, -0.05) is 38.1 Å². The van der Waals surface area contributed by atoms with Crippen LogP contribution in [0.1, 0.15) is 41.3 Å². The number of ether oxygens (including phenoxy) is 1. The molecule has 0 unspecified atom stereocenters. The molecule has 3 rings (SSSR count). The highest BCUT2D eigenvalue weighted by Crippen LogP contribution is 2.24. The van der Waals surface area contributed by atoms with Crippen LogP contribution < -0.4 is 4.90 Å². The molecule has 5 heteroatoms. The zero-order valence-corrected chi connectivity index (χ0v) is 15.4. The Kier molecular flexibility index (Phi) is 5.26. The van der Waals surface area contributed by atoms with Crippen molar-refractivity contribution in [2.24, 2.45) is 0 Å². The zero-order valence-electron chi connectivity index (χ0n) is 15.4. The molecule has 0 aliphatic carbocycles. The van der Waals surface area contributed by atoms with Crippen LogP contribution in [0.15, 0.2) is 48.5 Å². The lowest BCUT2D eigenvalue weighted by Gasteiger charge is -2.19. The first-order valence-electron chi connectivity index (χ1n) is 8.83. The summed E-state index contributed by atoms with van der Waals surface area (Å²) in [4.78, 5) is 27.9. The predicted molar refractivity (Wildman–Crippen MR) is 101 cm³/mol. The maximum atomic E-state index is 12.7. The van der Waals surface area contributed by atoms with Gasteiger partial charge in [0.15, 0.2) is 0 Å². The summed E-state index contributed by atoms with van der Waals surface area (Å²) in [5, 5.41) is 0. The number of carbonyl (C=O) groups is 2. The second-order valence-corrected chi connectivity index (χ2v) is 6.79. The molecule has 1 saturated heterocycles. The van der Waals surface area contributed by atoms with E-state index in [1.165, 1.54) is 12.7 Å². The monoisotopic (exact) mass is 352 g/mol. The summed E-state index contributed by atoms with van der Waals surface area (Å²) in [7, 11) is 1.36. The van der Waals surface area contributed by atoms with Crippen LogP contribution in [0.25, 0.3) is 0 Å². The Hall–Kier alpha value is -2.82. The summed E-state index contributed by atoms with van der Waals surface area (Å²) in [5.41, 5.74) is 3.70. The van der Waals surface area contributed by atoms with Crippen molar-refractivity contribution in [3.63, 3.8) is 0 Å². The number of methoxy groups -OCH3 is 1. The molecular weight excluding hydrogens is 328 g/mol. The first kappa shape index (κ1) is 18.0. The SMILES string of the molecule is COC(=O)c1ccc(CN2CCN(c3ccc(C(C)C)cc3)C2=O)cc1. The third-order valence-electron chi connectivity index (χ3n) is 4.71. The van der Waals surface area contributed by atoms with Crippen LogP contribution in [0.5, 0.6) is 0 Å². The fraction of sp³-hybridized carbons (Fsp3) is 0.333. The normalized spacial score (nSPS) is 14.2. The lowest BCUT2D eigenvalue weighted by Crippen LogP contribution is -2.31. The zero-order chi connectivity index (χ0) is 18.7. The number of esters is 1. The summed E-state index contributed by atoms with van der Waals surface area (Å²) < 4.78 is 4.70. The van der Waals surface area contributed by atoms with E-state index >= 15 is 0 Å². The minimum atomic E-state index is -0.357. The molecule has 2 amide bonds. The standard InChI is InChI=1S/C21H24N2O3/c1-15(2)17-8-10-19(11-9-17)23-13-12-22(21(23)25)14-16-4-6-18(7-5-16)20(24)26-3/h4-11,15H,12-14H2,1-3H3. The molecule has 0 aromatic heterocycles. The molecule has 2 aromatic carbocycles. The van der Waals surface area contributed by atoms with Gasteiger partial charge in [0, 0.05) is 25.3 Å². The molecule has 0 bridgehead atoms. The van der Waals surface area contributed by atoms with Crippen LogP contribution >= 0.6 is 0 Å². The lowest BCUT2D eigenvalue weighted by atomic mass is 10.0. The first-order valence-corrected chi connectivity index (χ1v) is 8.83. The highest BCUT2D eigenvalue weighted by atomic mass is 16.5. The van der Waals surface area contributed by atoms with E-state index < -0.39 is 0 Å². The van der Waals surface area contributed by atoms with E-state index in [2.05, 4.69) is 26.0 Å². The number of rotatable bonds is 5. The molecule has 1 fully saturated rings. The van der Waals surface area contributed by atoms with Gasteiger partial charge < -0.3 is 9.64 Å². The number of hydrogen-bond donors (Lipinski definition) is 0. The Balaban J connectivity index is 1.66. The molecule has 1 aliphatic rings. The van der Waals surface area contributed by atoms with Crippen LogP contribution in [0.4, 0.5) is 10.5 Å². The van der Waals surface area contributed by atoms with Crippen molar-refractivity contribution in [3.8, 4) is 0 Å². The fourth-order valence-electron chi connectivity index (χ4n) is 3.09. The van der Waals surface area contributed by atoms with Crippen LogP contribution in [-0.4, -0.2) is 37.1 Å². The summed E-state index contributed by atoms with van der Waals surface area (Å²) in [6.07, 6.45) is 0. The Morgan fingerprint density at radius 1 is 1.04 bits per heavy atom. The number of hydrogen-bond acceptors (Lipinski definition) is 3. The minimum Gasteiger partial charge on any atom is -0.465 e. The van der Waals surface area contributed by atoms with Crippen molar-refractivity contribution in [1.29, 1.82) is 0 Å². The molecule has 2 aromatic rings. The molecule has 0 atom stereocenters. The van der Waals surface area contributed by atoms with E-state index in [4.69, 9.17) is 4.74 Å². The number of nitrogens with zero attached hydrogens (tertiary/aromatic N) is 2. The van der Waals surface area contributed by atoms with Crippen molar-refractivity contribution in [2.45, 2.75) is 26.3 Å². The second kappa shape index (κ2) is 7.60. The second-order valence-electron chi connectivity index (χ2n) is 6.79. The summed E-state index contributed by atoms with van der Waals surface area (Å²) >= 11 is 0. The first-order chi connectivity index (χ1) is 12.5. The van der Waals surface area contributed by atoms with Gasteiger partial charge in [-0.25, -0.2) is 9.59 Å². The van der Waals surface area contributed by atoms with Crippen LogP contribution in [0.2, 0.25) is 0 Å². The van der Waals surface area contributed by atoms with Gasteiger partial charge in [-0.15, -0.1) is 0 Å². The van der Waals surface area contributed by atoms with E-state index in [1.54, 1.807) is 12.1 Å². The predicted octanol–water partition coefficient (Wildman–Crippen LogP) is 4.04. The average Bonchev–Trinajstić information content (AvgIpc) is 3.02. The fourth-order valence-corrected chi connectivity index (χ4v) is 3.09. The maximum absolute atomic E-state index is 12.7. The van der Waals surface area contributed by atoms with Crippen molar-refractivity contribution >= 4 is 17.7 Å². The highest BCUT2D eigenvalue weighted by Gasteiger charge is 2.29. The molecule has 1 aliphatic heterocycles. The van der Waals surface area contributed by atoms with E-state index in [0.29, 0.717) is 31.1 Å². The number of urea groups is 1. The quantitative estimate of drug-likeness (QED) is 0.763. The maximum Gasteiger partial charge on any atom is 0.337 e. The van der Waals surface area contributed by atoms with Gasteiger partial charge in [-0.3, -0.25) is 4.90 Å².